The van der Waals surface area contributed by atoms with Gasteiger partial charge in [-0.25, -0.2) is 4.79 Å². The van der Waals surface area contributed by atoms with Gasteiger partial charge < -0.3 is 9.47 Å². The van der Waals surface area contributed by atoms with Gasteiger partial charge in [0.15, 0.2) is 0 Å². The smallest absolute Gasteiger partial charge is 0.430 e. The Morgan fingerprint density at radius 3 is 2.58 bits per heavy atom. The lowest BCUT2D eigenvalue weighted by molar-refractivity contribution is -0.385. The Bertz CT molecular complexity index is 1130. The summed E-state index contributed by atoms with van der Waals surface area (Å²) in [6.07, 6.45) is 14.6. The monoisotopic (exact) mass is 551 g/mol. The number of allylic oxidation sites excluding steroid dienone is 1. The summed E-state index contributed by atoms with van der Waals surface area (Å²) in [7, 11) is 0. The summed E-state index contributed by atoms with van der Waals surface area (Å²) >= 11 is 0. The molecule has 0 unspecified atom stereocenters. The molecule has 40 heavy (non-hydrogen) atoms. The summed E-state index contributed by atoms with van der Waals surface area (Å²) in [4.78, 5) is 23.3. The minimum Gasteiger partial charge on any atom is -0.430 e. The molecule has 4 aliphatic carbocycles. The van der Waals surface area contributed by atoms with Gasteiger partial charge >= 0.3 is 11.8 Å². The van der Waals surface area contributed by atoms with E-state index in [-0.39, 0.29) is 23.0 Å². The van der Waals surface area contributed by atoms with Crippen molar-refractivity contribution in [1.82, 2.24) is 0 Å². The molecule has 0 N–H and O–H groups in total. The molecular formula is C34H49NO5. The summed E-state index contributed by atoms with van der Waals surface area (Å²) in [5.74, 6) is 4.70. The van der Waals surface area contributed by atoms with Crippen molar-refractivity contribution >= 4 is 11.8 Å². The minimum absolute atomic E-state index is 0.0766. The zero-order chi connectivity index (χ0) is 28.7. The van der Waals surface area contributed by atoms with Crippen molar-refractivity contribution in [2.24, 2.45) is 46.3 Å². The maximum absolute atomic E-state index is 12.6. The summed E-state index contributed by atoms with van der Waals surface area (Å²) < 4.78 is 11.0. The summed E-state index contributed by atoms with van der Waals surface area (Å²) in [5.41, 5.74) is 1.86. The van der Waals surface area contributed by atoms with Gasteiger partial charge in [-0.3, -0.25) is 10.1 Å². The molecule has 0 spiro atoms. The average Bonchev–Trinajstić information content (AvgIpc) is 3.26. The van der Waals surface area contributed by atoms with Gasteiger partial charge in [0, 0.05) is 12.5 Å². The first-order valence-corrected chi connectivity index (χ1v) is 15.8. The highest BCUT2D eigenvalue weighted by molar-refractivity contribution is 5.66. The van der Waals surface area contributed by atoms with Crippen molar-refractivity contribution in [2.75, 3.05) is 0 Å². The number of fused-ring (bicyclic) bond motifs is 5. The number of hydrogen-bond acceptors (Lipinski definition) is 5. The number of carbonyl (C=O) groups is 1. The molecule has 1 aromatic rings. The first-order valence-electron chi connectivity index (χ1n) is 15.8. The third-order valence-corrected chi connectivity index (χ3v) is 11.8. The Morgan fingerprint density at radius 2 is 1.82 bits per heavy atom. The molecule has 3 fully saturated rings. The number of hydrogen-bond donors (Lipinski definition) is 0. The van der Waals surface area contributed by atoms with E-state index in [2.05, 4.69) is 40.7 Å². The van der Waals surface area contributed by atoms with E-state index < -0.39 is 11.1 Å². The Balaban J connectivity index is 1.22. The van der Waals surface area contributed by atoms with E-state index in [0.29, 0.717) is 11.3 Å². The predicted molar refractivity (Wildman–Crippen MR) is 157 cm³/mol. The van der Waals surface area contributed by atoms with Crippen molar-refractivity contribution < 1.29 is 19.2 Å². The Labute approximate surface area is 240 Å². The predicted octanol–water partition coefficient (Wildman–Crippen LogP) is 9.52. The minimum atomic E-state index is -0.856. The van der Waals surface area contributed by atoms with Gasteiger partial charge in [-0.1, -0.05) is 77.7 Å². The molecule has 0 radical (unpaired) electrons. The van der Waals surface area contributed by atoms with Crippen LogP contribution in [0.3, 0.4) is 0 Å². The number of rotatable bonds is 8. The van der Waals surface area contributed by atoms with Gasteiger partial charge in [-0.05, 0) is 97.3 Å². The highest BCUT2D eigenvalue weighted by Gasteiger charge is 2.59. The molecule has 3 saturated carbocycles. The SMILES string of the molecule is CC(C)CCC[C@H](C)[C@@H]1CC[C@H]2[C@H]3CC=C4C[C@@H](OC(=O)Oc5ccccc5[N+](=O)[O-])CC[C@]4(C)[C@@H]3CC[C@@]21C. The Kier molecular flexibility index (Phi) is 8.37. The quantitative estimate of drug-likeness (QED) is 0.106. The summed E-state index contributed by atoms with van der Waals surface area (Å²) in [5, 5.41) is 11.3. The zero-order valence-corrected chi connectivity index (χ0v) is 25.2. The fraction of sp³-hybridized carbons (Fsp3) is 0.735. The van der Waals surface area contributed by atoms with Crippen LogP contribution in [0.4, 0.5) is 10.5 Å². The van der Waals surface area contributed by atoms with E-state index in [1.54, 1.807) is 12.1 Å². The van der Waals surface area contributed by atoms with Crippen molar-refractivity contribution in [1.29, 1.82) is 0 Å². The van der Waals surface area contributed by atoms with Crippen LogP contribution in [-0.4, -0.2) is 17.2 Å². The van der Waals surface area contributed by atoms with Gasteiger partial charge in [0.05, 0.1) is 4.92 Å². The molecule has 220 valence electrons. The van der Waals surface area contributed by atoms with Crippen LogP contribution in [0.1, 0.15) is 105 Å². The molecular weight excluding hydrogens is 502 g/mol. The van der Waals surface area contributed by atoms with Crippen LogP contribution in [0.25, 0.3) is 0 Å². The second-order valence-corrected chi connectivity index (χ2v) is 14.3. The fourth-order valence-electron chi connectivity index (χ4n) is 9.70. The van der Waals surface area contributed by atoms with Crippen LogP contribution in [0.2, 0.25) is 0 Å². The van der Waals surface area contributed by atoms with Crippen LogP contribution >= 0.6 is 0 Å². The number of carbonyl (C=O) groups excluding carboxylic acids is 1. The maximum atomic E-state index is 12.6. The number of nitrogens with zero attached hydrogens (tertiary/aromatic N) is 1. The molecule has 0 bridgehead atoms. The van der Waals surface area contributed by atoms with Gasteiger partial charge in [-0.2, -0.15) is 0 Å². The molecule has 0 amide bonds. The van der Waals surface area contributed by atoms with E-state index >= 15 is 0 Å². The normalized spacial score (nSPS) is 35.6. The highest BCUT2D eigenvalue weighted by Crippen LogP contribution is 2.67. The molecule has 0 saturated heterocycles. The lowest BCUT2D eigenvalue weighted by Gasteiger charge is -2.58. The lowest BCUT2D eigenvalue weighted by atomic mass is 9.47. The van der Waals surface area contributed by atoms with E-state index in [4.69, 9.17) is 9.47 Å². The largest absolute Gasteiger partial charge is 0.514 e. The Morgan fingerprint density at radius 1 is 1.05 bits per heavy atom. The van der Waals surface area contributed by atoms with E-state index in [0.717, 1.165) is 55.3 Å². The summed E-state index contributed by atoms with van der Waals surface area (Å²) in [6.45, 7) is 12.3. The number of nitro benzene ring substituents is 1. The van der Waals surface area contributed by atoms with Crippen molar-refractivity contribution in [2.45, 2.75) is 111 Å². The lowest BCUT2D eigenvalue weighted by Crippen LogP contribution is -2.51. The standard InChI is InChI=1S/C34H49NO5/c1-22(2)9-8-10-23(3)27-15-16-28-26-14-13-24-21-25(17-19-33(24,4)29(26)18-20-34(27,28)5)39-32(36)40-31-12-7-6-11-30(31)35(37)38/h6-7,11-13,22-23,25-29H,8-10,14-21H2,1-5H3/t23-,25-,26+,27-,28-,29+,33-,34+/m0/s1. The summed E-state index contributed by atoms with van der Waals surface area (Å²) in [6, 6.07) is 5.92. The fourth-order valence-corrected chi connectivity index (χ4v) is 9.70. The first kappa shape index (κ1) is 29.1. The molecule has 0 aliphatic heterocycles. The zero-order valence-electron chi connectivity index (χ0n) is 25.2. The molecule has 0 aromatic heterocycles. The molecule has 0 heterocycles. The number of nitro groups is 1. The molecule has 1 aromatic carbocycles. The van der Waals surface area contributed by atoms with Crippen LogP contribution in [0.15, 0.2) is 35.9 Å². The molecule has 4 aliphatic rings. The van der Waals surface area contributed by atoms with Crippen LogP contribution in [0, 0.1) is 56.5 Å². The van der Waals surface area contributed by atoms with Gasteiger partial charge in [0.2, 0.25) is 5.75 Å². The third kappa shape index (κ3) is 5.44. The molecule has 5 rings (SSSR count). The topological polar surface area (TPSA) is 78.7 Å². The highest BCUT2D eigenvalue weighted by atomic mass is 16.7. The van der Waals surface area contributed by atoms with Crippen LogP contribution in [-0.2, 0) is 4.74 Å². The van der Waals surface area contributed by atoms with Crippen molar-refractivity contribution in [3.63, 3.8) is 0 Å². The third-order valence-electron chi connectivity index (χ3n) is 11.8. The first-order chi connectivity index (χ1) is 19.0. The number of para-hydroxylation sites is 2. The van der Waals surface area contributed by atoms with Crippen molar-refractivity contribution in [3.8, 4) is 5.75 Å². The molecule has 6 heteroatoms. The van der Waals surface area contributed by atoms with Gasteiger partial charge in [0.25, 0.3) is 0 Å². The molecule has 6 nitrogen and oxygen atoms in total. The van der Waals surface area contributed by atoms with E-state index in [1.807, 2.05) is 0 Å². The second kappa shape index (κ2) is 11.5. The average molecular weight is 552 g/mol. The molecule has 8 atom stereocenters. The van der Waals surface area contributed by atoms with Crippen LogP contribution < -0.4 is 4.74 Å². The number of benzene rings is 1. The van der Waals surface area contributed by atoms with Crippen molar-refractivity contribution in [3.05, 3.63) is 46.0 Å². The van der Waals surface area contributed by atoms with Gasteiger partial charge in [0.1, 0.15) is 6.10 Å². The number of ether oxygens (including phenoxy) is 2. The van der Waals surface area contributed by atoms with Crippen LogP contribution in [0.5, 0.6) is 5.75 Å². The maximum Gasteiger partial charge on any atom is 0.514 e. The second-order valence-electron chi connectivity index (χ2n) is 14.3. The van der Waals surface area contributed by atoms with E-state index in [9.17, 15) is 14.9 Å². The Hall–Kier alpha value is -2.37. The van der Waals surface area contributed by atoms with E-state index in [1.165, 1.54) is 62.7 Å². The van der Waals surface area contributed by atoms with Gasteiger partial charge in [-0.15, -0.1) is 0 Å².